The van der Waals surface area contributed by atoms with Gasteiger partial charge < -0.3 is 14.2 Å². The summed E-state index contributed by atoms with van der Waals surface area (Å²) in [5.41, 5.74) is 17.3. The third kappa shape index (κ3) is 7.49. The molecule has 13 aromatic rings. The largest absolute Gasteiger partial charge is 0.455 e. The summed E-state index contributed by atoms with van der Waals surface area (Å²) >= 11 is 0. The Labute approximate surface area is 413 Å². The van der Waals surface area contributed by atoms with Gasteiger partial charge in [0.15, 0.2) is 0 Å². The van der Waals surface area contributed by atoms with Crippen molar-refractivity contribution in [2.45, 2.75) is 0 Å². The first-order valence-electron chi connectivity index (χ1n) is 24.2. The van der Waals surface area contributed by atoms with Crippen LogP contribution in [-0.2, 0) is 0 Å². The summed E-state index contributed by atoms with van der Waals surface area (Å²) in [6.45, 7) is 0. The van der Waals surface area contributed by atoms with Crippen LogP contribution in [0.4, 0.5) is 34.1 Å². The molecule has 13 rings (SSSR count). The zero-order valence-electron chi connectivity index (χ0n) is 38.9. The van der Waals surface area contributed by atoms with Gasteiger partial charge in [-0.05, 0) is 81.9 Å². The fourth-order valence-electron chi connectivity index (χ4n) is 10.5. The van der Waals surface area contributed by atoms with Gasteiger partial charge in [0, 0.05) is 54.8 Å². The third-order valence-corrected chi connectivity index (χ3v) is 13.8. The van der Waals surface area contributed by atoms with E-state index in [-0.39, 0.29) is 0 Å². The van der Waals surface area contributed by atoms with Crippen molar-refractivity contribution in [2.24, 2.45) is 0 Å². The van der Waals surface area contributed by atoms with Gasteiger partial charge in [0.1, 0.15) is 11.2 Å². The van der Waals surface area contributed by atoms with E-state index in [4.69, 9.17) is 4.42 Å². The Bertz CT molecular complexity index is 3790. The van der Waals surface area contributed by atoms with Crippen molar-refractivity contribution >= 4 is 77.6 Å². The van der Waals surface area contributed by atoms with Crippen LogP contribution in [0.3, 0.4) is 0 Å². The number of nitrogens with zero attached hydrogens (tertiary/aromatic N) is 2. The zero-order valence-corrected chi connectivity index (χ0v) is 38.9. The molecule has 0 saturated heterocycles. The average Bonchev–Trinajstić information content (AvgIpc) is 3.84. The van der Waals surface area contributed by atoms with Gasteiger partial charge in [-0.2, -0.15) is 0 Å². The van der Waals surface area contributed by atoms with E-state index in [1.807, 2.05) is 0 Å². The topological polar surface area (TPSA) is 19.6 Å². The number of hydrogen-bond acceptors (Lipinski definition) is 3. The zero-order chi connectivity index (χ0) is 47.1. The summed E-state index contributed by atoms with van der Waals surface area (Å²) in [4.78, 5) is 4.91. The maximum absolute atomic E-state index is 7.27. The summed E-state index contributed by atoms with van der Waals surface area (Å²) < 4.78 is 7.27. The van der Waals surface area contributed by atoms with Crippen molar-refractivity contribution in [3.63, 3.8) is 0 Å². The second kappa shape index (κ2) is 17.9. The van der Waals surface area contributed by atoms with Gasteiger partial charge in [-0.1, -0.05) is 231 Å². The van der Waals surface area contributed by atoms with Crippen LogP contribution < -0.4 is 9.80 Å². The fraction of sp³-hybridized carbons (Fsp3) is 0. The van der Waals surface area contributed by atoms with Crippen molar-refractivity contribution in [1.29, 1.82) is 0 Å². The standard InChI is InChI=1S/C68H46N2O/c1-5-23-47(24-6-1)51-31-21-33-53(43-51)69(63-41-19-17-35-55(63)49-27-9-3-10-28-49)65-45-61-62-46-66(58-38-14-16-40-60(58)68(62)71-67(61)59-39-15-13-37-57(59)65)70(54-34-22-32-52(44-54)48-25-7-2-8-26-48)64-42-20-18-36-56(64)50-29-11-4-12-30-50/h1-46H. The van der Waals surface area contributed by atoms with Crippen LogP contribution >= 0.6 is 0 Å². The predicted octanol–water partition coefficient (Wildman–Crippen LogP) is 19.5. The normalized spacial score (nSPS) is 11.4. The number of furan rings is 1. The van der Waals surface area contributed by atoms with E-state index in [0.29, 0.717) is 0 Å². The molecule has 0 aliphatic heterocycles. The van der Waals surface area contributed by atoms with Crippen molar-refractivity contribution in [3.8, 4) is 44.5 Å². The van der Waals surface area contributed by atoms with E-state index >= 15 is 0 Å². The lowest BCUT2D eigenvalue weighted by Crippen LogP contribution is -2.12. The highest BCUT2D eigenvalue weighted by atomic mass is 16.3. The molecular weight excluding hydrogens is 861 g/mol. The first kappa shape index (κ1) is 41.7. The molecule has 3 nitrogen and oxygen atoms in total. The fourth-order valence-corrected chi connectivity index (χ4v) is 10.5. The Balaban J connectivity index is 1.11. The van der Waals surface area contributed by atoms with E-state index in [1.165, 1.54) is 11.1 Å². The van der Waals surface area contributed by atoms with Crippen molar-refractivity contribution in [1.82, 2.24) is 0 Å². The molecule has 1 heterocycles. The maximum atomic E-state index is 7.27. The molecule has 0 aliphatic carbocycles. The lowest BCUT2D eigenvalue weighted by Gasteiger charge is -2.30. The summed E-state index contributed by atoms with van der Waals surface area (Å²) in [7, 11) is 0. The molecule has 1 aromatic heterocycles. The molecule has 0 saturated carbocycles. The first-order valence-corrected chi connectivity index (χ1v) is 24.2. The summed E-state index contributed by atoms with van der Waals surface area (Å²) in [5.74, 6) is 0. The Morgan fingerprint density at radius 2 is 0.535 bits per heavy atom. The van der Waals surface area contributed by atoms with Gasteiger partial charge in [-0.25, -0.2) is 0 Å². The minimum absolute atomic E-state index is 0.860. The van der Waals surface area contributed by atoms with Crippen LogP contribution in [0.1, 0.15) is 0 Å². The minimum atomic E-state index is 0.860. The number of para-hydroxylation sites is 2. The monoisotopic (exact) mass is 906 g/mol. The van der Waals surface area contributed by atoms with E-state index in [1.54, 1.807) is 0 Å². The van der Waals surface area contributed by atoms with Crippen LogP contribution in [-0.4, -0.2) is 0 Å². The average molecular weight is 907 g/mol. The van der Waals surface area contributed by atoms with Crippen molar-refractivity contribution < 1.29 is 4.42 Å². The molecule has 0 unspecified atom stereocenters. The molecular formula is C68H46N2O. The highest BCUT2D eigenvalue weighted by Gasteiger charge is 2.26. The van der Waals surface area contributed by atoms with Crippen LogP contribution in [0.2, 0.25) is 0 Å². The number of fused-ring (bicyclic) bond motifs is 7. The minimum Gasteiger partial charge on any atom is -0.455 e. The molecule has 0 amide bonds. The Morgan fingerprint density at radius 1 is 0.211 bits per heavy atom. The van der Waals surface area contributed by atoms with Gasteiger partial charge in [0.2, 0.25) is 0 Å². The Morgan fingerprint density at radius 3 is 0.944 bits per heavy atom. The lowest BCUT2D eigenvalue weighted by atomic mass is 9.97. The third-order valence-electron chi connectivity index (χ3n) is 13.8. The molecule has 71 heavy (non-hydrogen) atoms. The van der Waals surface area contributed by atoms with Crippen molar-refractivity contribution in [2.75, 3.05) is 9.80 Å². The quantitative estimate of drug-likeness (QED) is 0.136. The van der Waals surface area contributed by atoms with Crippen LogP contribution in [0, 0.1) is 0 Å². The molecule has 12 aromatic carbocycles. The number of hydrogen-bond donors (Lipinski definition) is 0. The van der Waals surface area contributed by atoms with Crippen molar-refractivity contribution in [3.05, 3.63) is 279 Å². The SMILES string of the molecule is c1ccc(-c2cccc(N(c3ccccc3-c3ccccc3)c3cc4c5cc(N(c6cccc(-c7ccccc7)c6)c6ccccc6-c6ccccc6)c6ccccc6c5oc4c4ccccc34)c2)cc1. The molecule has 0 bridgehead atoms. The molecule has 0 radical (unpaired) electrons. The molecule has 3 heteroatoms. The van der Waals surface area contributed by atoms with Gasteiger partial charge in [0.05, 0.1) is 22.7 Å². The van der Waals surface area contributed by atoms with E-state index in [9.17, 15) is 0 Å². The van der Waals surface area contributed by atoms with E-state index < -0.39 is 0 Å². The molecule has 0 atom stereocenters. The second-order valence-corrected chi connectivity index (χ2v) is 18.0. The van der Waals surface area contributed by atoms with Gasteiger partial charge in [-0.3, -0.25) is 0 Å². The molecule has 0 fully saturated rings. The lowest BCUT2D eigenvalue weighted by molar-refractivity contribution is 0.676. The second-order valence-electron chi connectivity index (χ2n) is 18.0. The summed E-state index contributed by atoms with van der Waals surface area (Å²) in [6.07, 6.45) is 0. The molecule has 334 valence electrons. The van der Waals surface area contributed by atoms with Gasteiger partial charge in [-0.15, -0.1) is 0 Å². The van der Waals surface area contributed by atoms with E-state index in [2.05, 4.69) is 289 Å². The maximum Gasteiger partial charge on any atom is 0.143 e. The highest BCUT2D eigenvalue weighted by Crippen LogP contribution is 2.51. The molecule has 0 aliphatic rings. The summed E-state index contributed by atoms with van der Waals surface area (Å²) in [5, 5.41) is 6.35. The highest BCUT2D eigenvalue weighted by molar-refractivity contribution is 6.25. The van der Waals surface area contributed by atoms with Crippen LogP contribution in [0.15, 0.2) is 283 Å². The summed E-state index contributed by atoms with van der Waals surface area (Å²) in [6, 6.07) is 100. The van der Waals surface area contributed by atoms with Crippen LogP contribution in [0.5, 0.6) is 0 Å². The predicted molar refractivity (Wildman–Crippen MR) is 300 cm³/mol. The Hall–Kier alpha value is -9.44. The number of rotatable bonds is 10. The molecule has 0 N–H and O–H groups in total. The smallest absolute Gasteiger partial charge is 0.143 e. The van der Waals surface area contributed by atoms with E-state index in [0.717, 1.165) is 111 Å². The number of anilines is 6. The van der Waals surface area contributed by atoms with Gasteiger partial charge >= 0.3 is 0 Å². The van der Waals surface area contributed by atoms with Gasteiger partial charge in [0.25, 0.3) is 0 Å². The Kier molecular flexibility index (Phi) is 10.5. The first-order chi connectivity index (χ1) is 35.2. The number of benzene rings is 12. The van der Waals surface area contributed by atoms with Crippen LogP contribution in [0.25, 0.3) is 88.0 Å². The molecule has 0 spiro atoms.